The normalized spacial score (nSPS) is 16.9. The number of likely N-dealkylation sites (tertiary alicyclic amines) is 1. The van der Waals surface area contributed by atoms with Crippen molar-refractivity contribution in [2.45, 2.75) is 29.6 Å². The number of sulfonamides is 1. The first-order valence-corrected chi connectivity index (χ1v) is 10.4. The molecule has 0 bridgehead atoms. The van der Waals surface area contributed by atoms with Crippen molar-refractivity contribution in [1.82, 2.24) is 9.62 Å². The fourth-order valence-electron chi connectivity index (χ4n) is 3.01. The molecule has 8 heteroatoms. The van der Waals surface area contributed by atoms with Crippen molar-refractivity contribution in [3.05, 3.63) is 47.1 Å². The van der Waals surface area contributed by atoms with Crippen LogP contribution in [0.1, 0.15) is 18.4 Å². The summed E-state index contributed by atoms with van der Waals surface area (Å²) in [4.78, 5) is 2.19. The molecule has 1 saturated heterocycles. The molecular formula is C17H21FN2O3S2. The Balaban J connectivity index is 1.57. The topological polar surface area (TPSA) is 58.6 Å². The van der Waals surface area contributed by atoms with E-state index in [1.807, 2.05) is 0 Å². The first kappa shape index (κ1) is 18.3. The smallest absolute Gasteiger partial charge is 0.250 e. The van der Waals surface area contributed by atoms with Crippen LogP contribution in [0.4, 0.5) is 4.39 Å². The zero-order valence-electron chi connectivity index (χ0n) is 13.9. The Labute approximate surface area is 151 Å². The van der Waals surface area contributed by atoms with E-state index in [2.05, 4.69) is 9.62 Å². The fraction of sp³-hybridized carbons (Fsp3) is 0.412. The molecule has 2 aromatic rings. The van der Waals surface area contributed by atoms with Gasteiger partial charge in [-0.05, 0) is 42.5 Å². The van der Waals surface area contributed by atoms with Gasteiger partial charge in [0.25, 0.3) is 0 Å². The van der Waals surface area contributed by atoms with Gasteiger partial charge in [0.2, 0.25) is 10.0 Å². The number of hydrogen-bond acceptors (Lipinski definition) is 5. The van der Waals surface area contributed by atoms with Gasteiger partial charge in [0.05, 0.1) is 7.11 Å². The number of thiophene rings is 1. The zero-order valence-corrected chi connectivity index (χ0v) is 15.6. The van der Waals surface area contributed by atoms with Gasteiger partial charge in [0, 0.05) is 31.2 Å². The third-order valence-electron chi connectivity index (χ3n) is 4.31. The minimum Gasteiger partial charge on any atom is -0.496 e. The van der Waals surface area contributed by atoms with E-state index in [1.54, 1.807) is 30.7 Å². The van der Waals surface area contributed by atoms with Gasteiger partial charge in [-0.15, -0.1) is 11.3 Å². The molecule has 3 rings (SSSR count). The summed E-state index contributed by atoms with van der Waals surface area (Å²) in [5.41, 5.74) is 0.806. The molecule has 1 fully saturated rings. The molecule has 1 aliphatic rings. The summed E-state index contributed by atoms with van der Waals surface area (Å²) in [5.74, 6) is 0.385. The molecule has 0 atom stereocenters. The van der Waals surface area contributed by atoms with E-state index < -0.39 is 10.0 Å². The summed E-state index contributed by atoms with van der Waals surface area (Å²) < 4.78 is 46.5. The SMILES string of the molecule is COc1ccc(F)cc1CN1CCC(NS(=O)(=O)c2cccs2)CC1. The number of piperidine rings is 1. The summed E-state index contributed by atoms with van der Waals surface area (Å²) in [5, 5.41) is 1.75. The number of ether oxygens (including phenoxy) is 1. The monoisotopic (exact) mass is 384 g/mol. The summed E-state index contributed by atoms with van der Waals surface area (Å²) in [6.45, 7) is 2.08. The highest BCUT2D eigenvalue weighted by molar-refractivity contribution is 7.91. The van der Waals surface area contributed by atoms with Crippen molar-refractivity contribution in [2.75, 3.05) is 20.2 Å². The Morgan fingerprint density at radius 1 is 1.32 bits per heavy atom. The lowest BCUT2D eigenvalue weighted by atomic mass is 10.0. The van der Waals surface area contributed by atoms with Gasteiger partial charge in [0.1, 0.15) is 15.8 Å². The van der Waals surface area contributed by atoms with Crippen LogP contribution in [0, 0.1) is 5.82 Å². The molecule has 0 amide bonds. The van der Waals surface area contributed by atoms with Crippen molar-refractivity contribution >= 4 is 21.4 Å². The number of nitrogens with one attached hydrogen (secondary N) is 1. The summed E-state index contributed by atoms with van der Waals surface area (Å²) >= 11 is 1.22. The second kappa shape index (κ2) is 7.82. The van der Waals surface area contributed by atoms with Crippen LogP contribution in [0.25, 0.3) is 0 Å². The molecule has 1 aromatic carbocycles. The molecule has 0 spiro atoms. The van der Waals surface area contributed by atoms with Gasteiger partial charge < -0.3 is 4.74 Å². The molecule has 136 valence electrons. The highest BCUT2D eigenvalue weighted by Gasteiger charge is 2.25. The Morgan fingerprint density at radius 3 is 2.72 bits per heavy atom. The third kappa shape index (κ3) is 4.58. The van der Waals surface area contributed by atoms with Gasteiger partial charge in [-0.2, -0.15) is 0 Å². The third-order valence-corrected chi connectivity index (χ3v) is 7.22. The Kier molecular flexibility index (Phi) is 5.73. The lowest BCUT2D eigenvalue weighted by Gasteiger charge is -2.32. The first-order chi connectivity index (χ1) is 12.0. The molecule has 0 aliphatic carbocycles. The van der Waals surface area contributed by atoms with E-state index in [4.69, 9.17) is 4.74 Å². The van der Waals surface area contributed by atoms with Crippen LogP contribution in [0.3, 0.4) is 0 Å². The number of hydrogen-bond donors (Lipinski definition) is 1. The van der Waals surface area contributed by atoms with Crippen LogP contribution in [0.5, 0.6) is 5.75 Å². The van der Waals surface area contributed by atoms with E-state index in [-0.39, 0.29) is 11.9 Å². The Hall–Kier alpha value is -1.48. The number of nitrogens with zero attached hydrogens (tertiary/aromatic N) is 1. The molecule has 1 aromatic heterocycles. The average Bonchev–Trinajstić information content (AvgIpc) is 3.12. The van der Waals surface area contributed by atoms with Gasteiger partial charge in [-0.25, -0.2) is 17.5 Å². The average molecular weight is 384 g/mol. The van der Waals surface area contributed by atoms with E-state index in [0.717, 1.165) is 31.5 Å². The van der Waals surface area contributed by atoms with Crippen LogP contribution in [-0.4, -0.2) is 39.6 Å². The van der Waals surface area contributed by atoms with E-state index in [9.17, 15) is 12.8 Å². The molecule has 5 nitrogen and oxygen atoms in total. The van der Waals surface area contributed by atoms with Crippen molar-refractivity contribution in [1.29, 1.82) is 0 Å². The highest BCUT2D eigenvalue weighted by Crippen LogP contribution is 2.24. The van der Waals surface area contributed by atoms with Gasteiger partial charge >= 0.3 is 0 Å². The minimum atomic E-state index is -3.43. The van der Waals surface area contributed by atoms with Crippen LogP contribution < -0.4 is 9.46 Å². The fourth-order valence-corrected chi connectivity index (χ4v) is 5.33. The second-order valence-electron chi connectivity index (χ2n) is 6.06. The standard InChI is InChI=1S/C17H21FN2O3S2/c1-23-16-5-4-14(18)11-13(16)12-20-8-6-15(7-9-20)19-25(21,22)17-3-2-10-24-17/h2-5,10-11,15,19H,6-9,12H2,1H3. The van der Waals surface area contributed by atoms with Crippen LogP contribution >= 0.6 is 11.3 Å². The van der Waals surface area contributed by atoms with Crippen LogP contribution in [0.15, 0.2) is 39.9 Å². The van der Waals surface area contributed by atoms with Crippen molar-refractivity contribution in [2.24, 2.45) is 0 Å². The summed E-state index contributed by atoms with van der Waals surface area (Å²) in [7, 11) is -1.86. The van der Waals surface area contributed by atoms with Crippen LogP contribution in [-0.2, 0) is 16.6 Å². The molecule has 2 heterocycles. The van der Waals surface area contributed by atoms with E-state index in [0.29, 0.717) is 16.5 Å². The van der Waals surface area contributed by atoms with Crippen molar-refractivity contribution in [3.63, 3.8) is 0 Å². The number of benzene rings is 1. The largest absolute Gasteiger partial charge is 0.496 e. The second-order valence-corrected chi connectivity index (χ2v) is 8.95. The zero-order chi connectivity index (χ0) is 17.9. The molecule has 25 heavy (non-hydrogen) atoms. The Morgan fingerprint density at radius 2 is 2.08 bits per heavy atom. The first-order valence-electron chi connectivity index (χ1n) is 8.08. The lowest BCUT2D eigenvalue weighted by Crippen LogP contribution is -2.44. The highest BCUT2D eigenvalue weighted by atomic mass is 32.2. The number of rotatable bonds is 6. The van der Waals surface area contributed by atoms with E-state index in [1.165, 1.54) is 23.5 Å². The van der Waals surface area contributed by atoms with Crippen LogP contribution in [0.2, 0.25) is 0 Å². The lowest BCUT2D eigenvalue weighted by molar-refractivity contribution is 0.197. The predicted molar refractivity (Wildman–Crippen MR) is 95.9 cm³/mol. The van der Waals surface area contributed by atoms with Crippen molar-refractivity contribution < 1.29 is 17.5 Å². The van der Waals surface area contributed by atoms with E-state index >= 15 is 0 Å². The van der Waals surface area contributed by atoms with Gasteiger partial charge in [-0.1, -0.05) is 6.07 Å². The maximum atomic E-state index is 13.5. The quantitative estimate of drug-likeness (QED) is 0.832. The molecular weight excluding hydrogens is 363 g/mol. The number of halogens is 1. The summed E-state index contributed by atoms with van der Waals surface area (Å²) in [6.07, 6.45) is 1.45. The maximum Gasteiger partial charge on any atom is 0.250 e. The maximum absolute atomic E-state index is 13.5. The van der Waals surface area contributed by atoms with Crippen molar-refractivity contribution in [3.8, 4) is 5.75 Å². The predicted octanol–water partition coefficient (Wildman–Crippen LogP) is 2.84. The molecule has 0 radical (unpaired) electrons. The van der Waals surface area contributed by atoms with Gasteiger partial charge in [0.15, 0.2) is 0 Å². The molecule has 0 unspecified atom stereocenters. The number of methoxy groups -OCH3 is 1. The molecule has 1 aliphatic heterocycles. The summed E-state index contributed by atoms with van der Waals surface area (Å²) in [6, 6.07) is 7.77. The molecule has 0 saturated carbocycles. The Bertz CT molecular complexity index is 801. The minimum absolute atomic E-state index is 0.0715. The molecule has 1 N–H and O–H groups in total. The van der Waals surface area contributed by atoms with Gasteiger partial charge in [-0.3, -0.25) is 4.90 Å².